The summed E-state index contributed by atoms with van der Waals surface area (Å²) in [5, 5.41) is 11.7. The van der Waals surface area contributed by atoms with Crippen molar-refractivity contribution >= 4 is 48.5 Å². The summed E-state index contributed by atoms with van der Waals surface area (Å²) in [6, 6.07) is 18.6. The van der Waals surface area contributed by atoms with Crippen molar-refractivity contribution < 1.29 is 4.92 Å². The molecule has 6 nitrogen and oxygen atoms in total. The molecule has 0 saturated heterocycles. The fraction of sp³-hybridized carbons (Fsp3) is 0. The van der Waals surface area contributed by atoms with Gasteiger partial charge in [-0.15, -0.1) is 0 Å². The number of rotatable bonds is 3. The number of aromatic nitrogens is 2. The third-order valence-electron chi connectivity index (χ3n) is 4.24. The van der Waals surface area contributed by atoms with Crippen LogP contribution in [0, 0.1) is 10.1 Å². The molecule has 4 aromatic rings. The van der Waals surface area contributed by atoms with Crippen LogP contribution in [-0.2, 0) is 0 Å². The number of para-hydroxylation sites is 1. The summed E-state index contributed by atoms with van der Waals surface area (Å²) in [7, 11) is 0. The molecular formula is C20H11Br2N3O3. The van der Waals surface area contributed by atoms with E-state index >= 15 is 0 Å². The maximum Gasteiger partial charge on any atom is 0.270 e. The third kappa shape index (κ3) is 3.25. The highest BCUT2D eigenvalue weighted by molar-refractivity contribution is 9.11. The maximum atomic E-state index is 13.4. The molecule has 0 amide bonds. The van der Waals surface area contributed by atoms with Crippen molar-refractivity contribution in [3.8, 4) is 17.1 Å². The minimum Gasteiger partial charge on any atom is -0.268 e. The van der Waals surface area contributed by atoms with E-state index in [4.69, 9.17) is 0 Å². The van der Waals surface area contributed by atoms with Crippen LogP contribution >= 0.6 is 31.9 Å². The molecule has 0 N–H and O–H groups in total. The van der Waals surface area contributed by atoms with Gasteiger partial charge in [0.2, 0.25) is 0 Å². The minimum atomic E-state index is -0.470. The predicted molar refractivity (Wildman–Crippen MR) is 115 cm³/mol. The second-order valence-corrected chi connectivity index (χ2v) is 7.77. The molecule has 8 heteroatoms. The summed E-state index contributed by atoms with van der Waals surface area (Å²) < 4.78 is 2.95. The van der Waals surface area contributed by atoms with Crippen LogP contribution in [0.2, 0.25) is 0 Å². The van der Waals surface area contributed by atoms with Crippen molar-refractivity contribution in [2.75, 3.05) is 0 Å². The number of hydrogen-bond donors (Lipinski definition) is 0. The third-order valence-corrected chi connectivity index (χ3v) is 5.40. The molecule has 1 heterocycles. The van der Waals surface area contributed by atoms with Crippen LogP contribution in [0.15, 0.2) is 80.5 Å². The van der Waals surface area contributed by atoms with Crippen molar-refractivity contribution in [2.24, 2.45) is 0 Å². The Bertz CT molecular complexity index is 1300. The number of nitro benzene ring substituents is 1. The minimum absolute atomic E-state index is 0.0697. The van der Waals surface area contributed by atoms with Crippen molar-refractivity contribution in [1.82, 2.24) is 9.55 Å². The van der Waals surface area contributed by atoms with Crippen molar-refractivity contribution in [1.29, 1.82) is 0 Å². The Balaban J connectivity index is 2.13. The monoisotopic (exact) mass is 499 g/mol. The predicted octanol–water partition coefficient (Wildman–Crippen LogP) is 5.49. The van der Waals surface area contributed by atoms with E-state index in [1.807, 2.05) is 12.1 Å². The zero-order chi connectivity index (χ0) is 19.8. The number of nitro groups is 1. The Morgan fingerprint density at radius 3 is 2.54 bits per heavy atom. The van der Waals surface area contributed by atoms with E-state index in [9.17, 15) is 14.9 Å². The lowest BCUT2D eigenvalue weighted by atomic mass is 10.1. The molecule has 28 heavy (non-hydrogen) atoms. The van der Waals surface area contributed by atoms with Gasteiger partial charge in [0.25, 0.3) is 11.2 Å². The van der Waals surface area contributed by atoms with E-state index < -0.39 is 4.92 Å². The fourth-order valence-corrected chi connectivity index (χ4v) is 3.74. The molecule has 0 saturated carbocycles. The number of halogens is 2. The summed E-state index contributed by atoms with van der Waals surface area (Å²) in [4.78, 5) is 28.8. The largest absolute Gasteiger partial charge is 0.270 e. The average Bonchev–Trinajstić information content (AvgIpc) is 2.70. The highest BCUT2D eigenvalue weighted by atomic mass is 79.9. The number of non-ortho nitro benzene ring substituents is 1. The van der Waals surface area contributed by atoms with Gasteiger partial charge in [0.05, 0.1) is 21.5 Å². The van der Waals surface area contributed by atoms with E-state index in [2.05, 4.69) is 36.8 Å². The molecule has 0 atom stereocenters. The van der Waals surface area contributed by atoms with Crippen molar-refractivity contribution in [3.05, 3.63) is 96.1 Å². The van der Waals surface area contributed by atoms with Crippen LogP contribution in [0.3, 0.4) is 0 Å². The molecule has 3 aromatic carbocycles. The van der Waals surface area contributed by atoms with Gasteiger partial charge in [-0.1, -0.05) is 40.2 Å². The zero-order valence-corrected chi connectivity index (χ0v) is 17.3. The summed E-state index contributed by atoms with van der Waals surface area (Å²) in [6.07, 6.45) is 0. The van der Waals surface area contributed by atoms with Gasteiger partial charge < -0.3 is 0 Å². The molecule has 0 fully saturated rings. The lowest BCUT2D eigenvalue weighted by Crippen LogP contribution is -2.22. The second kappa shape index (κ2) is 7.29. The zero-order valence-electron chi connectivity index (χ0n) is 14.2. The standard InChI is InChI=1S/C20H11Br2N3O3/c21-13-8-9-16(22)18(11-13)24-19(12-4-3-5-14(10-12)25(27)28)23-17-7-2-1-6-15(17)20(24)26/h1-11H. The van der Waals surface area contributed by atoms with Crippen LogP contribution in [0.4, 0.5) is 5.69 Å². The van der Waals surface area contributed by atoms with E-state index in [0.717, 1.165) is 4.47 Å². The summed E-state index contributed by atoms with van der Waals surface area (Å²) in [5.41, 5.74) is 1.25. The van der Waals surface area contributed by atoms with Crippen LogP contribution < -0.4 is 5.56 Å². The smallest absolute Gasteiger partial charge is 0.268 e. The first-order valence-electron chi connectivity index (χ1n) is 8.18. The van der Waals surface area contributed by atoms with Crippen molar-refractivity contribution in [3.63, 3.8) is 0 Å². The molecule has 0 aliphatic heterocycles. The molecule has 0 unspecified atom stereocenters. The van der Waals surface area contributed by atoms with Crippen LogP contribution in [-0.4, -0.2) is 14.5 Å². The molecule has 0 radical (unpaired) electrons. The van der Waals surface area contributed by atoms with Gasteiger partial charge in [0.15, 0.2) is 0 Å². The normalized spacial score (nSPS) is 10.9. The highest BCUT2D eigenvalue weighted by Crippen LogP contribution is 2.30. The van der Waals surface area contributed by atoms with Gasteiger partial charge in [0, 0.05) is 26.6 Å². The summed E-state index contributed by atoms with van der Waals surface area (Å²) in [5.74, 6) is 0.325. The average molecular weight is 501 g/mol. The first kappa shape index (κ1) is 18.5. The fourth-order valence-electron chi connectivity index (χ4n) is 2.97. The summed E-state index contributed by atoms with van der Waals surface area (Å²) >= 11 is 6.93. The Morgan fingerprint density at radius 2 is 1.75 bits per heavy atom. The van der Waals surface area contributed by atoms with Gasteiger partial charge in [0.1, 0.15) is 5.82 Å². The lowest BCUT2D eigenvalue weighted by molar-refractivity contribution is -0.384. The van der Waals surface area contributed by atoms with E-state index in [-0.39, 0.29) is 11.2 Å². The number of fused-ring (bicyclic) bond motifs is 1. The van der Waals surface area contributed by atoms with E-state index in [0.29, 0.717) is 32.5 Å². The molecule has 1 aromatic heterocycles. The van der Waals surface area contributed by atoms with Gasteiger partial charge >= 0.3 is 0 Å². The molecular weight excluding hydrogens is 490 g/mol. The van der Waals surface area contributed by atoms with Crippen LogP contribution in [0.5, 0.6) is 0 Å². The van der Waals surface area contributed by atoms with Gasteiger partial charge in [-0.05, 0) is 46.3 Å². The highest BCUT2D eigenvalue weighted by Gasteiger charge is 2.18. The molecule has 0 aliphatic rings. The summed E-state index contributed by atoms with van der Waals surface area (Å²) in [6.45, 7) is 0. The molecule has 0 spiro atoms. The molecule has 0 aliphatic carbocycles. The second-order valence-electron chi connectivity index (χ2n) is 6.00. The Hall–Kier alpha value is -2.84. The van der Waals surface area contributed by atoms with Gasteiger partial charge in [-0.2, -0.15) is 0 Å². The first-order chi connectivity index (χ1) is 13.5. The van der Waals surface area contributed by atoms with Crippen molar-refractivity contribution in [2.45, 2.75) is 0 Å². The topological polar surface area (TPSA) is 78.0 Å². The quantitative estimate of drug-likeness (QED) is 0.275. The first-order valence-corrected chi connectivity index (χ1v) is 9.76. The Kier molecular flexibility index (Phi) is 4.82. The van der Waals surface area contributed by atoms with Gasteiger partial charge in [-0.25, -0.2) is 4.98 Å². The SMILES string of the molecule is O=c1c2ccccc2nc(-c2cccc([N+](=O)[O-])c2)n1-c1cc(Br)ccc1Br. The Morgan fingerprint density at radius 1 is 0.964 bits per heavy atom. The molecule has 138 valence electrons. The number of hydrogen-bond acceptors (Lipinski definition) is 4. The molecule has 0 bridgehead atoms. The van der Waals surface area contributed by atoms with Crippen LogP contribution in [0.25, 0.3) is 28.0 Å². The molecule has 4 rings (SSSR count). The number of nitrogens with zero attached hydrogens (tertiary/aromatic N) is 3. The van der Waals surface area contributed by atoms with Crippen LogP contribution in [0.1, 0.15) is 0 Å². The van der Waals surface area contributed by atoms with E-state index in [1.165, 1.54) is 16.7 Å². The Labute approximate surface area is 175 Å². The van der Waals surface area contributed by atoms with Gasteiger partial charge in [-0.3, -0.25) is 19.5 Å². The lowest BCUT2D eigenvalue weighted by Gasteiger charge is -2.15. The number of benzene rings is 3. The maximum absolute atomic E-state index is 13.4. The van der Waals surface area contributed by atoms with E-state index in [1.54, 1.807) is 42.5 Å².